The number of hydrogen-bond donors (Lipinski definition) is 0. The Morgan fingerprint density at radius 3 is 2.26 bits per heavy atom. The molecule has 2 aromatic carbocycles. The molecular formula is C17H13ClO5. The van der Waals surface area contributed by atoms with Crippen molar-refractivity contribution in [2.45, 2.75) is 0 Å². The summed E-state index contributed by atoms with van der Waals surface area (Å²) in [6.45, 7) is 6.68. The summed E-state index contributed by atoms with van der Waals surface area (Å²) >= 11 is 6.00. The molecule has 0 aromatic heterocycles. The third-order valence-corrected chi connectivity index (χ3v) is 3.18. The van der Waals surface area contributed by atoms with Gasteiger partial charge in [0.25, 0.3) is 0 Å². The van der Waals surface area contributed by atoms with Crippen LogP contribution in [0.4, 0.5) is 0 Å². The maximum Gasteiger partial charge on any atom is 0.335 e. The van der Waals surface area contributed by atoms with Gasteiger partial charge in [-0.05, 0) is 18.2 Å². The molecule has 23 heavy (non-hydrogen) atoms. The number of rotatable bonds is 5. The Kier molecular flexibility index (Phi) is 5.03. The second-order valence-corrected chi connectivity index (χ2v) is 4.78. The van der Waals surface area contributed by atoms with E-state index in [2.05, 4.69) is 13.2 Å². The molecule has 0 saturated carbocycles. The van der Waals surface area contributed by atoms with Gasteiger partial charge in [-0.1, -0.05) is 24.8 Å². The highest BCUT2D eigenvalue weighted by Gasteiger charge is 2.19. The van der Waals surface area contributed by atoms with Gasteiger partial charge in [0.05, 0.1) is 7.11 Å². The number of carbonyl (C=O) groups is 2. The second-order valence-electron chi connectivity index (χ2n) is 4.35. The molecule has 0 saturated heterocycles. The fourth-order valence-corrected chi connectivity index (χ4v) is 2.13. The molecule has 0 bridgehead atoms. The van der Waals surface area contributed by atoms with Crippen molar-refractivity contribution in [3.05, 3.63) is 54.6 Å². The Hall–Kier alpha value is -2.79. The minimum Gasteiger partial charge on any atom is -0.496 e. The van der Waals surface area contributed by atoms with Gasteiger partial charge in [0.1, 0.15) is 5.75 Å². The van der Waals surface area contributed by atoms with Crippen molar-refractivity contribution in [2.75, 3.05) is 7.11 Å². The van der Waals surface area contributed by atoms with Crippen LogP contribution in [-0.2, 0) is 9.59 Å². The van der Waals surface area contributed by atoms with E-state index < -0.39 is 11.9 Å². The van der Waals surface area contributed by atoms with Gasteiger partial charge in [0.15, 0.2) is 11.5 Å². The van der Waals surface area contributed by atoms with Gasteiger partial charge < -0.3 is 14.2 Å². The first-order valence-corrected chi connectivity index (χ1v) is 6.86. The topological polar surface area (TPSA) is 61.8 Å². The Morgan fingerprint density at radius 1 is 1.00 bits per heavy atom. The van der Waals surface area contributed by atoms with Crippen LogP contribution in [0.5, 0.6) is 17.2 Å². The SMILES string of the molecule is C=CC(=O)Oc1cc(OC)c2cc(Cl)ccc2c1OC(=O)C=C. The molecule has 0 unspecified atom stereocenters. The van der Waals surface area contributed by atoms with E-state index >= 15 is 0 Å². The minimum atomic E-state index is -0.698. The largest absolute Gasteiger partial charge is 0.496 e. The number of hydrogen-bond acceptors (Lipinski definition) is 5. The monoisotopic (exact) mass is 332 g/mol. The van der Waals surface area contributed by atoms with Crippen molar-refractivity contribution in [3.8, 4) is 17.2 Å². The maximum absolute atomic E-state index is 11.6. The van der Waals surface area contributed by atoms with Crippen molar-refractivity contribution < 1.29 is 23.8 Å². The summed E-state index contributed by atoms with van der Waals surface area (Å²) in [5.74, 6) is -0.888. The quantitative estimate of drug-likeness (QED) is 0.475. The van der Waals surface area contributed by atoms with Gasteiger partial charge in [-0.25, -0.2) is 9.59 Å². The highest BCUT2D eigenvalue weighted by Crippen LogP contribution is 2.42. The summed E-state index contributed by atoms with van der Waals surface area (Å²) in [5, 5.41) is 1.58. The van der Waals surface area contributed by atoms with Crippen LogP contribution < -0.4 is 14.2 Å². The van der Waals surface area contributed by atoms with E-state index in [1.54, 1.807) is 18.2 Å². The Balaban J connectivity index is 2.75. The molecule has 0 aliphatic carbocycles. The van der Waals surface area contributed by atoms with Crippen LogP contribution in [0.3, 0.4) is 0 Å². The van der Waals surface area contributed by atoms with E-state index in [1.807, 2.05) is 0 Å². The van der Waals surface area contributed by atoms with Crippen LogP contribution in [0, 0.1) is 0 Å². The van der Waals surface area contributed by atoms with Gasteiger partial charge in [-0.3, -0.25) is 0 Å². The highest BCUT2D eigenvalue weighted by molar-refractivity contribution is 6.31. The Labute approximate surface area is 137 Å². The second kappa shape index (κ2) is 6.98. The van der Waals surface area contributed by atoms with E-state index in [1.165, 1.54) is 13.2 Å². The molecule has 6 heteroatoms. The summed E-state index contributed by atoms with van der Waals surface area (Å²) in [6.07, 6.45) is 2.00. The Bertz CT molecular complexity index is 810. The van der Waals surface area contributed by atoms with E-state index in [4.69, 9.17) is 25.8 Å². The number of ether oxygens (including phenoxy) is 3. The van der Waals surface area contributed by atoms with E-state index in [0.29, 0.717) is 21.5 Å². The van der Waals surface area contributed by atoms with Crippen LogP contribution >= 0.6 is 11.6 Å². The maximum atomic E-state index is 11.6. The molecule has 0 fully saturated rings. The van der Waals surface area contributed by atoms with Crippen LogP contribution in [0.15, 0.2) is 49.6 Å². The predicted molar refractivity (Wildman–Crippen MR) is 87.2 cm³/mol. The number of fused-ring (bicyclic) bond motifs is 1. The van der Waals surface area contributed by atoms with Crippen molar-refractivity contribution in [1.82, 2.24) is 0 Å². The number of halogens is 1. The third-order valence-electron chi connectivity index (χ3n) is 2.94. The summed E-state index contributed by atoms with van der Waals surface area (Å²) in [5.41, 5.74) is 0. The zero-order valence-corrected chi connectivity index (χ0v) is 13.1. The fourth-order valence-electron chi connectivity index (χ4n) is 1.96. The molecule has 2 aromatic rings. The lowest BCUT2D eigenvalue weighted by Gasteiger charge is -2.15. The molecule has 0 aliphatic heterocycles. The van der Waals surface area contributed by atoms with Gasteiger partial charge in [-0.2, -0.15) is 0 Å². The molecule has 5 nitrogen and oxygen atoms in total. The summed E-state index contributed by atoms with van der Waals surface area (Å²) < 4.78 is 15.7. The molecule has 0 atom stereocenters. The van der Waals surface area contributed by atoms with Crippen LogP contribution in [0.25, 0.3) is 10.8 Å². The number of benzene rings is 2. The fraction of sp³-hybridized carbons (Fsp3) is 0.0588. The van der Waals surface area contributed by atoms with Gasteiger partial charge >= 0.3 is 11.9 Å². The average Bonchev–Trinajstić information content (AvgIpc) is 2.56. The van der Waals surface area contributed by atoms with Gasteiger partial charge in [-0.15, -0.1) is 0 Å². The number of carbonyl (C=O) groups excluding carboxylic acids is 2. The van der Waals surface area contributed by atoms with Gasteiger partial charge in [0, 0.05) is 34.0 Å². The first kappa shape index (κ1) is 16.6. The predicted octanol–water partition coefficient (Wildman–Crippen LogP) is 3.68. The molecule has 0 amide bonds. The number of methoxy groups -OCH3 is 1. The van der Waals surface area contributed by atoms with Gasteiger partial charge in [0.2, 0.25) is 0 Å². The molecule has 0 spiro atoms. The lowest BCUT2D eigenvalue weighted by molar-refractivity contribution is -0.131. The lowest BCUT2D eigenvalue weighted by Crippen LogP contribution is -2.09. The normalized spacial score (nSPS) is 10.0. The molecule has 2 rings (SSSR count). The summed E-state index contributed by atoms with van der Waals surface area (Å²) in [7, 11) is 1.46. The first-order valence-electron chi connectivity index (χ1n) is 6.49. The zero-order valence-electron chi connectivity index (χ0n) is 12.3. The first-order chi connectivity index (χ1) is 11.0. The van der Waals surface area contributed by atoms with Crippen molar-refractivity contribution in [1.29, 1.82) is 0 Å². The zero-order chi connectivity index (χ0) is 17.0. The third kappa shape index (κ3) is 3.52. The molecule has 118 valence electrons. The standard InChI is InChI=1S/C17H13ClO5/c1-4-15(19)22-14-9-13(21-3)12-8-10(18)6-7-11(12)17(14)23-16(20)5-2/h4-9H,1-2H2,3H3. The van der Waals surface area contributed by atoms with Crippen LogP contribution in [0.1, 0.15) is 0 Å². The van der Waals surface area contributed by atoms with Crippen LogP contribution in [0.2, 0.25) is 5.02 Å². The molecule has 0 N–H and O–H groups in total. The summed E-state index contributed by atoms with van der Waals surface area (Å²) in [6, 6.07) is 6.34. The lowest BCUT2D eigenvalue weighted by atomic mass is 10.1. The Morgan fingerprint density at radius 2 is 1.65 bits per heavy atom. The molecule has 0 aliphatic rings. The summed E-state index contributed by atoms with van der Waals surface area (Å²) in [4.78, 5) is 23.1. The van der Waals surface area contributed by atoms with Crippen molar-refractivity contribution in [2.24, 2.45) is 0 Å². The number of esters is 2. The molecular weight excluding hydrogens is 320 g/mol. The molecule has 0 radical (unpaired) electrons. The van der Waals surface area contributed by atoms with E-state index in [9.17, 15) is 9.59 Å². The smallest absolute Gasteiger partial charge is 0.335 e. The highest BCUT2D eigenvalue weighted by atomic mass is 35.5. The van der Waals surface area contributed by atoms with E-state index in [-0.39, 0.29) is 11.5 Å². The van der Waals surface area contributed by atoms with E-state index in [0.717, 1.165) is 12.2 Å². The van der Waals surface area contributed by atoms with Crippen molar-refractivity contribution in [3.63, 3.8) is 0 Å². The van der Waals surface area contributed by atoms with Crippen LogP contribution in [-0.4, -0.2) is 19.0 Å². The average molecular weight is 333 g/mol. The molecule has 0 heterocycles. The van der Waals surface area contributed by atoms with Crippen molar-refractivity contribution >= 4 is 34.3 Å². The minimum absolute atomic E-state index is 0.0248.